The van der Waals surface area contributed by atoms with E-state index >= 15 is 0 Å². The molecule has 1 atom stereocenters. The van der Waals surface area contributed by atoms with E-state index in [4.69, 9.17) is 0 Å². The lowest BCUT2D eigenvalue weighted by molar-refractivity contribution is 0.590. The molecule has 0 fully saturated rings. The molecule has 0 aliphatic heterocycles. The highest BCUT2D eigenvalue weighted by atomic mass is 31.2. The summed E-state index contributed by atoms with van der Waals surface area (Å²) in [7, 11) is -2.46. The maximum Gasteiger partial charge on any atom is 0.140 e. The van der Waals surface area contributed by atoms with Gasteiger partial charge in [0.2, 0.25) is 0 Å². The van der Waals surface area contributed by atoms with Crippen molar-refractivity contribution in [3.63, 3.8) is 0 Å². The molecule has 0 heterocycles. The van der Waals surface area contributed by atoms with Gasteiger partial charge in [0, 0.05) is 10.6 Å². The number of hydrogen-bond donors (Lipinski definition) is 0. The molecule has 0 N–H and O–H groups in total. The van der Waals surface area contributed by atoms with Gasteiger partial charge in [0.1, 0.15) is 7.14 Å². The Hall–Kier alpha value is -1.33. The van der Waals surface area contributed by atoms with Gasteiger partial charge in [0.05, 0.1) is 0 Å². The third kappa shape index (κ3) is 2.35. The highest BCUT2D eigenvalue weighted by Gasteiger charge is 2.22. The van der Waals surface area contributed by atoms with Crippen LogP contribution in [0.1, 0.15) is 11.1 Å². The molecule has 0 aliphatic carbocycles. The molecule has 2 aromatic carbocycles. The molecule has 17 heavy (non-hydrogen) atoms. The summed E-state index contributed by atoms with van der Waals surface area (Å²) in [5, 5.41) is 1.90. The molecule has 1 unspecified atom stereocenters. The molecule has 2 heteroatoms. The molecule has 0 amide bonds. The van der Waals surface area contributed by atoms with Gasteiger partial charge in [-0.15, -0.1) is 0 Å². The van der Waals surface area contributed by atoms with E-state index < -0.39 is 7.14 Å². The molecule has 0 radical (unpaired) electrons. The van der Waals surface area contributed by atoms with Crippen LogP contribution in [0.15, 0.2) is 48.5 Å². The van der Waals surface area contributed by atoms with E-state index in [1.165, 1.54) is 0 Å². The molecular weight excluding hydrogens is 227 g/mol. The maximum atomic E-state index is 13.0. The summed E-state index contributed by atoms with van der Waals surface area (Å²) in [6.07, 6.45) is 0. The van der Waals surface area contributed by atoms with E-state index in [0.29, 0.717) is 0 Å². The first-order chi connectivity index (χ1) is 8.01. The van der Waals surface area contributed by atoms with Gasteiger partial charge in [-0.1, -0.05) is 48.0 Å². The molecule has 0 saturated heterocycles. The lowest BCUT2D eigenvalue weighted by Gasteiger charge is -2.17. The normalized spacial score (nSPS) is 14.3. The minimum atomic E-state index is -2.46. The van der Waals surface area contributed by atoms with E-state index in [9.17, 15) is 4.57 Å². The largest absolute Gasteiger partial charge is 0.314 e. The van der Waals surface area contributed by atoms with E-state index in [1.807, 2.05) is 63.0 Å². The van der Waals surface area contributed by atoms with Crippen LogP contribution < -0.4 is 10.6 Å². The lowest BCUT2D eigenvalue weighted by Crippen LogP contribution is -2.17. The number of hydrogen-bond acceptors (Lipinski definition) is 1. The highest BCUT2D eigenvalue weighted by molar-refractivity contribution is 7.78. The van der Waals surface area contributed by atoms with Gasteiger partial charge in [0.15, 0.2) is 0 Å². The minimum absolute atomic E-state index is 0.925. The van der Waals surface area contributed by atoms with Crippen molar-refractivity contribution in [2.45, 2.75) is 13.8 Å². The Morgan fingerprint density at radius 1 is 0.941 bits per heavy atom. The van der Waals surface area contributed by atoms with Crippen molar-refractivity contribution in [3.8, 4) is 0 Å². The molecule has 0 aromatic heterocycles. The third-order valence-electron chi connectivity index (χ3n) is 3.07. The number of rotatable bonds is 2. The van der Waals surface area contributed by atoms with Crippen LogP contribution in [0.2, 0.25) is 0 Å². The van der Waals surface area contributed by atoms with Gasteiger partial charge in [0.25, 0.3) is 0 Å². The Labute approximate surface area is 103 Å². The first kappa shape index (κ1) is 12.1. The van der Waals surface area contributed by atoms with E-state index in [0.717, 1.165) is 21.7 Å². The van der Waals surface area contributed by atoms with Crippen LogP contribution in [0.5, 0.6) is 0 Å². The summed E-state index contributed by atoms with van der Waals surface area (Å²) >= 11 is 0. The molecule has 88 valence electrons. The summed E-state index contributed by atoms with van der Waals surface area (Å²) in [4.78, 5) is 0. The van der Waals surface area contributed by atoms with Crippen molar-refractivity contribution in [2.75, 3.05) is 6.66 Å². The fraction of sp³-hybridized carbons (Fsp3) is 0.200. The van der Waals surface area contributed by atoms with Crippen molar-refractivity contribution < 1.29 is 4.57 Å². The van der Waals surface area contributed by atoms with Crippen LogP contribution in [-0.2, 0) is 4.57 Å². The Bertz CT molecular complexity index is 573. The second-order valence-corrected chi connectivity index (χ2v) is 7.40. The van der Waals surface area contributed by atoms with Crippen LogP contribution in [0.4, 0.5) is 0 Å². The summed E-state index contributed by atoms with van der Waals surface area (Å²) in [6.45, 7) is 5.91. The van der Waals surface area contributed by atoms with E-state index in [2.05, 4.69) is 6.07 Å². The zero-order chi connectivity index (χ0) is 12.5. The van der Waals surface area contributed by atoms with Crippen LogP contribution >= 0.6 is 7.14 Å². The summed E-state index contributed by atoms with van der Waals surface area (Å²) in [6, 6.07) is 15.9. The number of benzene rings is 2. The second kappa shape index (κ2) is 4.50. The predicted octanol–water partition coefficient (Wildman–Crippen LogP) is 3.25. The summed E-state index contributed by atoms with van der Waals surface area (Å²) in [5.74, 6) is 0. The smallest absolute Gasteiger partial charge is 0.140 e. The molecule has 2 aromatic rings. The Morgan fingerprint density at radius 3 is 2.24 bits per heavy atom. The van der Waals surface area contributed by atoms with Crippen molar-refractivity contribution in [2.24, 2.45) is 0 Å². The molecule has 0 bridgehead atoms. The Balaban J connectivity index is 2.60. The van der Waals surface area contributed by atoms with Gasteiger partial charge in [-0.3, -0.25) is 0 Å². The van der Waals surface area contributed by atoms with Crippen LogP contribution in [0.3, 0.4) is 0 Å². The van der Waals surface area contributed by atoms with Gasteiger partial charge in [-0.2, -0.15) is 0 Å². The van der Waals surface area contributed by atoms with Gasteiger partial charge >= 0.3 is 0 Å². The molecule has 2 rings (SSSR count). The monoisotopic (exact) mass is 244 g/mol. The molecular formula is C15H17OP. The number of aryl methyl sites for hydroxylation is 2. The summed E-state index contributed by atoms with van der Waals surface area (Å²) < 4.78 is 13.0. The fourth-order valence-electron chi connectivity index (χ4n) is 2.03. The zero-order valence-electron chi connectivity index (χ0n) is 10.5. The average molecular weight is 244 g/mol. The SMILES string of the molecule is Cc1ccc(C)c(P(C)(=O)c2ccccc2)c1. The first-order valence-corrected chi connectivity index (χ1v) is 7.88. The van der Waals surface area contributed by atoms with Crippen molar-refractivity contribution in [1.29, 1.82) is 0 Å². The maximum absolute atomic E-state index is 13.0. The second-order valence-electron chi connectivity index (χ2n) is 4.55. The third-order valence-corrected chi connectivity index (χ3v) is 5.76. The zero-order valence-corrected chi connectivity index (χ0v) is 11.4. The fourth-order valence-corrected chi connectivity index (χ4v) is 4.25. The van der Waals surface area contributed by atoms with Crippen molar-refractivity contribution in [1.82, 2.24) is 0 Å². The van der Waals surface area contributed by atoms with Crippen LogP contribution in [0, 0.1) is 13.8 Å². The Kier molecular flexibility index (Phi) is 3.22. The van der Waals surface area contributed by atoms with Crippen molar-refractivity contribution >= 4 is 17.8 Å². The topological polar surface area (TPSA) is 17.1 Å². The quantitative estimate of drug-likeness (QED) is 0.741. The minimum Gasteiger partial charge on any atom is -0.314 e. The van der Waals surface area contributed by atoms with E-state index in [-0.39, 0.29) is 0 Å². The van der Waals surface area contributed by atoms with Gasteiger partial charge in [-0.25, -0.2) is 0 Å². The molecule has 1 nitrogen and oxygen atoms in total. The standard InChI is InChI=1S/C15H17OP/c1-12-9-10-13(2)15(11-12)17(3,16)14-7-5-4-6-8-14/h4-11H,1-3H3. The first-order valence-electron chi connectivity index (χ1n) is 5.73. The summed E-state index contributed by atoms with van der Waals surface area (Å²) in [5.41, 5.74) is 2.26. The highest BCUT2D eigenvalue weighted by Crippen LogP contribution is 2.39. The van der Waals surface area contributed by atoms with Crippen molar-refractivity contribution in [3.05, 3.63) is 59.7 Å². The van der Waals surface area contributed by atoms with Gasteiger partial charge < -0.3 is 4.57 Å². The van der Waals surface area contributed by atoms with Gasteiger partial charge in [-0.05, 0) is 32.1 Å². The lowest BCUT2D eigenvalue weighted by atomic mass is 10.2. The molecule has 0 aliphatic rings. The van der Waals surface area contributed by atoms with E-state index in [1.54, 1.807) is 0 Å². The Morgan fingerprint density at radius 2 is 1.59 bits per heavy atom. The van der Waals surface area contributed by atoms with Crippen LogP contribution in [-0.4, -0.2) is 6.66 Å². The molecule has 0 spiro atoms. The van der Waals surface area contributed by atoms with Crippen LogP contribution in [0.25, 0.3) is 0 Å². The molecule has 0 saturated carbocycles. The average Bonchev–Trinajstić information content (AvgIpc) is 2.33. The predicted molar refractivity (Wildman–Crippen MR) is 75.2 cm³/mol.